The van der Waals surface area contributed by atoms with Gasteiger partial charge in [-0.1, -0.05) is 82.6 Å². The van der Waals surface area contributed by atoms with Crippen LogP contribution in [-0.4, -0.2) is 17.0 Å². The van der Waals surface area contributed by atoms with Crippen molar-refractivity contribution in [2.75, 3.05) is 0 Å². The monoisotopic (exact) mass is 402 g/mol. The van der Waals surface area contributed by atoms with E-state index < -0.39 is 5.97 Å². The molecule has 0 radical (unpaired) electrons. The summed E-state index contributed by atoms with van der Waals surface area (Å²) in [4.78, 5) is 23.0. The molecule has 29 heavy (non-hydrogen) atoms. The third kappa shape index (κ3) is 12.9. The number of rotatable bonds is 17. The minimum Gasteiger partial charge on any atom is -0.478 e. The largest absolute Gasteiger partial charge is 0.478 e. The average Bonchev–Trinajstić information content (AvgIpc) is 2.71. The lowest BCUT2D eigenvalue weighted by molar-refractivity contribution is -0.134. The molecular weight excluding hydrogens is 364 g/mol. The first-order valence-corrected chi connectivity index (χ1v) is 11.3. The molecule has 1 rings (SSSR count). The van der Waals surface area contributed by atoms with Crippen LogP contribution in [0.2, 0.25) is 0 Å². The highest BCUT2D eigenvalue weighted by molar-refractivity contribution is 5.91. The zero-order valence-corrected chi connectivity index (χ0v) is 18.0. The van der Waals surface area contributed by atoms with Gasteiger partial charge < -0.3 is 9.84 Å². The van der Waals surface area contributed by atoms with Gasteiger partial charge in [-0.2, -0.15) is 0 Å². The Balaban J connectivity index is 1.97. The molecule has 1 aromatic rings. The predicted molar refractivity (Wildman–Crippen MR) is 118 cm³/mol. The third-order valence-corrected chi connectivity index (χ3v) is 4.98. The minimum atomic E-state index is -1.09. The summed E-state index contributed by atoms with van der Waals surface area (Å²) in [5.74, 6) is -1.33. The molecule has 0 aromatic heterocycles. The molecule has 0 atom stereocenters. The van der Waals surface area contributed by atoms with Crippen LogP contribution in [0.3, 0.4) is 0 Å². The Morgan fingerprint density at radius 3 is 2.00 bits per heavy atom. The van der Waals surface area contributed by atoms with Crippen molar-refractivity contribution in [2.24, 2.45) is 0 Å². The Kier molecular flexibility index (Phi) is 14.5. The van der Waals surface area contributed by atoms with Crippen LogP contribution in [0.15, 0.2) is 36.4 Å². The molecule has 1 aromatic carbocycles. The molecule has 0 aliphatic rings. The molecule has 0 saturated heterocycles. The van der Waals surface area contributed by atoms with Crippen LogP contribution < -0.4 is 4.74 Å². The molecule has 0 heterocycles. The standard InChI is InChI=1S/C25H38O4/c1-2-3-4-5-6-7-8-9-10-11-12-13-14-15-16-21-24(26)29-23-20-18-17-19-22(23)25(27)28/h9-10,17-20H,2-8,11-16,21H2,1H3,(H,27,28)/b10-9-. The molecule has 0 aliphatic heterocycles. The number of carboxylic acid groups (broad SMARTS) is 1. The van der Waals surface area contributed by atoms with Gasteiger partial charge in [-0.15, -0.1) is 0 Å². The number of esters is 1. The lowest BCUT2D eigenvalue weighted by Gasteiger charge is -2.07. The van der Waals surface area contributed by atoms with Crippen LogP contribution in [-0.2, 0) is 4.79 Å². The van der Waals surface area contributed by atoms with Gasteiger partial charge in [0, 0.05) is 6.42 Å². The van der Waals surface area contributed by atoms with E-state index in [1.54, 1.807) is 12.1 Å². The molecule has 0 spiro atoms. The van der Waals surface area contributed by atoms with E-state index in [1.807, 2.05) is 0 Å². The van der Waals surface area contributed by atoms with Crippen LogP contribution in [0, 0.1) is 0 Å². The summed E-state index contributed by atoms with van der Waals surface area (Å²) in [6, 6.07) is 6.23. The Bertz CT molecular complexity index is 607. The molecule has 0 fully saturated rings. The topological polar surface area (TPSA) is 63.6 Å². The second-order valence-corrected chi connectivity index (χ2v) is 7.61. The maximum absolute atomic E-state index is 11.9. The van der Waals surface area contributed by atoms with Crippen molar-refractivity contribution >= 4 is 11.9 Å². The number of benzene rings is 1. The first-order valence-electron chi connectivity index (χ1n) is 11.3. The highest BCUT2D eigenvalue weighted by Gasteiger charge is 2.13. The minimum absolute atomic E-state index is 0.0189. The molecule has 0 unspecified atom stereocenters. The van der Waals surface area contributed by atoms with E-state index in [1.165, 1.54) is 69.9 Å². The number of hydrogen-bond donors (Lipinski definition) is 1. The van der Waals surface area contributed by atoms with E-state index in [0.717, 1.165) is 25.7 Å². The summed E-state index contributed by atoms with van der Waals surface area (Å²) in [5, 5.41) is 9.10. The van der Waals surface area contributed by atoms with Crippen molar-refractivity contribution in [1.29, 1.82) is 0 Å². The first-order chi connectivity index (χ1) is 14.1. The number of carbonyl (C=O) groups is 2. The molecule has 0 aliphatic carbocycles. The van der Waals surface area contributed by atoms with Gasteiger partial charge in [0.15, 0.2) is 0 Å². The second kappa shape index (κ2) is 16.8. The number of aromatic carboxylic acids is 1. The van der Waals surface area contributed by atoms with Crippen molar-refractivity contribution < 1.29 is 19.4 Å². The van der Waals surface area contributed by atoms with Gasteiger partial charge in [0.2, 0.25) is 0 Å². The third-order valence-electron chi connectivity index (χ3n) is 4.98. The number of carbonyl (C=O) groups excluding carboxylic acids is 1. The van der Waals surface area contributed by atoms with E-state index >= 15 is 0 Å². The van der Waals surface area contributed by atoms with Crippen molar-refractivity contribution in [2.45, 2.75) is 96.8 Å². The van der Waals surface area contributed by atoms with Gasteiger partial charge in [0.1, 0.15) is 11.3 Å². The van der Waals surface area contributed by atoms with E-state index in [9.17, 15) is 9.59 Å². The second-order valence-electron chi connectivity index (χ2n) is 7.61. The summed E-state index contributed by atoms with van der Waals surface area (Å²) in [5.41, 5.74) is 0.0189. The molecule has 162 valence electrons. The first kappa shape index (κ1) is 24.9. The number of allylic oxidation sites excluding steroid dienone is 2. The van der Waals surface area contributed by atoms with Gasteiger partial charge >= 0.3 is 11.9 Å². The Labute approximate surface area is 176 Å². The van der Waals surface area contributed by atoms with Gasteiger partial charge in [0.05, 0.1) is 0 Å². The number of carboxylic acids is 1. The van der Waals surface area contributed by atoms with Crippen LogP contribution in [0.1, 0.15) is 107 Å². The van der Waals surface area contributed by atoms with Crippen molar-refractivity contribution in [3.8, 4) is 5.75 Å². The highest BCUT2D eigenvalue weighted by atomic mass is 16.5. The number of unbranched alkanes of at least 4 members (excludes halogenated alkanes) is 11. The summed E-state index contributed by atoms with van der Waals surface area (Å²) in [7, 11) is 0. The van der Waals surface area contributed by atoms with E-state index in [0.29, 0.717) is 6.42 Å². The number of ether oxygens (including phenoxy) is 1. The maximum atomic E-state index is 11.9. The summed E-state index contributed by atoms with van der Waals surface area (Å²) in [6.45, 7) is 2.25. The van der Waals surface area contributed by atoms with Crippen LogP contribution >= 0.6 is 0 Å². The SMILES string of the molecule is CCCCCCCC/C=C\CCCCCCCC(=O)Oc1ccccc1C(=O)O. The van der Waals surface area contributed by atoms with E-state index in [2.05, 4.69) is 19.1 Å². The zero-order chi connectivity index (χ0) is 21.2. The molecule has 0 amide bonds. The quantitative estimate of drug-likeness (QED) is 0.128. The lowest BCUT2D eigenvalue weighted by atomic mass is 10.1. The van der Waals surface area contributed by atoms with Crippen molar-refractivity contribution in [1.82, 2.24) is 0 Å². The van der Waals surface area contributed by atoms with Crippen LogP contribution in [0.5, 0.6) is 5.75 Å². The zero-order valence-electron chi connectivity index (χ0n) is 18.0. The fraction of sp³-hybridized carbons (Fsp3) is 0.600. The Morgan fingerprint density at radius 2 is 1.38 bits per heavy atom. The van der Waals surface area contributed by atoms with Crippen molar-refractivity contribution in [3.05, 3.63) is 42.0 Å². The average molecular weight is 403 g/mol. The summed E-state index contributed by atoms with van der Waals surface area (Å²) < 4.78 is 5.20. The smallest absolute Gasteiger partial charge is 0.339 e. The number of hydrogen-bond acceptors (Lipinski definition) is 3. The maximum Gasteiger partial charge on any atom is 0.339 e. The predicted octanol–water partition coefficient (Wildman–Crippen LogP) is 7.33. The number of para-hydroxylation sites is 1. The van der Waals surface area contributed by atoms with Crippen LogP contribution in [0.25, 0.3) is 0 Å². The normalized spacial score (nSPS) is 11.1. The molecule has 4 nitrogen and oxygen atoms in total. The summed E-state index contributed by atoms with van der Waals surface area (Å²) in [6.07, 6.45) is 20.7. The van der Waals surface area contributed by atoms with E-state index in [4.69, 9.17) is 9.84 Å². The molecule has 1 N–H and O–H groups in total. The fourth-order valence-corrected chi connectivity index (χ4v) is 3.25. The fourth-order valence-electron chi connectivity index (χ4n) is 3.25. The van der Waals surface area contributed by atoms with Gasteiger partial charge in [-0.3, -0.25) is 4.79 Å². The molecule has 0 saturated carbocycles. The molecule has 0 bridgehead atoms. The molecule has 4 heteroatoms. The Hall–Kier alpha value is -2.10. The lowest BCUT2D eigenvalue weighted by Crippen LogP contribution is -2.10. The highest BCUT2D eigenvalue weighted by Crippen LogP contribution is 2.19. The van der Waals surface area contributed by atoms with Crippen LogP contribution in [0.4, 0.5) is 0 Å². The van der Waals surface area contributed by atoms with Gasteiger partial charge in [-0.05, 0) is 44.2 Å². The van der Waals surface area contributed by atoms with E-state index in [-0.39, 0.29) is 17.3 Å². The van der Waals surface area contributed by atoms with Gasteiger partial charge in [-0.25, -0.2) is 4.79 Å². The Morgan fingerprint density at radius 1 is 0.828 bits per heavy atom. The van der Waals surface area contributed by atoms with Crippen molar-refractivity contribution in [3.63, 3.8) is 0 Å². The van der Waals surface area contributed by atoms with Gasteiger partial charge in [0.25, 0.3) is 0 Å². The molecular formula is C25H38O4. The summed E-state index contributed by atoms with van der Waals surface area (Å²) >= 11 is 0.